The van der Waals surface area contributed by atoms with Crippen molar-refractivity contribution in [2.45, 2.75) is 24.5 Å². The molecule has 0 heterocycles. The molecule has 0 saturated heterocycles. The van der Waals surface area contributed by atoms with Gasteiger partial charge in [0.15, 0.2) is 0 Å². The lowest BCUT2D eigenvalue weighted by atomic mass is 10.1. The highest BCUT2D eigenvalue weighted by atomic mass is 32.2. The first-order chi connectivity index (χ1) is 8.58. The number of nitrogens with two attached hydrogens (primary N) is 1. The summed E-state index contributed by atoms with van der Waals surface area (Å²) in [6, 6.07) is 10.9. The van der Waals surface area contributed by atoms with E-state index in [9.17, 15) is 4.39 Å². The Morgan fingerprint density at radius 1 is 1.11 bits per heavy atom. The van der Waals surface area contributed by atoms with Crippen LogP contribution in [0.3, 0.4) is 0 Å². The molecule has 0 amide bonds. The molecule has 0 fully saturated rings. The van der Waals surface area contributed by atoms with Gasteiger partial charge in [-0.1, -0.05) is 18.2 Å². The SMILES string of the molecule is Cc1cc(F)ccc1CSc1cccc(C)c1N. The van der Waals surface area contributed by atoms with Gasteiger partial charge in [-0.05, 0) is 48.7 Å². The topological polar surface area (TPSA) is 26.0 Å². The highest BCUT2D eigenvalue weighted by Gasteiger charge is 2.05. The molecule has 0 aromatic heterocycles. The average molecular weight is 261 g/mol. The maximum absolute atomic E-state index is 13.0. The average Bonchev–Trinajstić information content (AvgIpc) is 2.33. The predicted molar refractivity (Wildman–Crippen MR) is 76.3 cm³/mol. The Hall–Kier alpha value is -1.48. The van der Waals surface area contributed by atoms with Crippen LogP contribution in [0.5, 0.6) is 0 Å². The molecule has 0 atom stereocenters. The van der Waals surface area contributed by atoms with Crippen LogP contribution in [0, 0.1) is 19.7 Å². The second-order valence-corrected chi connectivity index (χ2v) is 5.36. The number of hydrogen-bond acceptors (Lipinski definition) is 2. The predicted octanol–water partition coefficient (Wildman–Crippen LogP) is 4.32. The minimum atomic E-state index is -0.184. The molecule has 0 saturated carbocycles. The molecule has 0 spiro atoms. The van der Waals surface area contributed by atoms with Crippen LogP contribution in [0.15, 0.2) is 41.3 Å². The summed E-state index contributed by atoms with van der Waals surface area (Å²) in [5.41, 5.74) is 10.1. The number of aryl methyl sites for hydroxylation is 2. The van der Waals surface area contributed by atoms with Crippen LogP contribution in [0.25, 0.3) is 0 Å². The standard InChI is InChI=1S/C15H16FNS/c1-10-4-3-5-14(15(10)17)18-9-12-6-7-13(16)8-11(12)2/h3-8H,9,17H2,1-2H3. The van der Waals surface area contributed by atoms with Gasteiger partial charge in [0.25, 0.3) is 0 Å². The number of anilines is 1. The molecule has 0 aliphatic rings. The first kappa shape index (κ1) is 13.0. The van der Waals surface area contributed by atoms with E-state index in [0.717, 1.165) is 33.0 Å². The van der Waals surface area contributed by atoms with E-state index in [1.54, 1.807) is 17.8 Å². The Bertz CT molecular complexity index is 566. The van der Waals surface area contributed by atoms with E-state index in [2.05, 4.69) is 0 Å². The lowest BCUT2D eigenvalue weighted by Gasteiger charge is -2.09. The summed E-state index contributed by atoms with van der Waals surface area (Å²) in [7, 11) is 0. The molecule has 2 aromatic rings. The molecule has 0 unspecified atom stereocenters. The highest BCUT2D eigenvalue weighted by molar-refractivity contribution is 7.98. The highest BCUT2D eigenvalue weighted by Crippen LogP contribution is 2.30. The van der Waals surface area contributed by atoms with Gasteiger partial charge >= 0.3 is 0 Å². The van der Waals surface area contributed by atoms with E-state index in [4.69, 9.17) is 5.73 Å². The summed E-state index contributed by atoms with van der Waals surface area (Å²) in [5, 5.41) is 0. The molecular weight excluding hydrogens is 245 g/mol. The van der Waals surface area contributed by atoms with Crippen molar-refractivity contribution in [3.63, 3.8) is 0 Å². The largest absolute Gasteiger partial charge is 0.398 e. The fourth-order valence-electron chi connectivity index (χ4n) is 1.76. The van der Waals surface area contributed by atoms with Crippen molar-refractivity contribution in [2.24, 2.45) is 0 Å². The summed E-state index contributed by atoms with van der Waals surface area (Å²) < 4.78 is 13.0. The number of rotatable bonds is 3. The second-order valence-electron chi connectivity index (χ2n) is 4.35. The van der Waals surface area contributed by atoms with E-state index >= 15 is 0 Å². The molecule has 0 radical (unpaired) electrons. The Labute approximate surface area is 111 Å². The van der Waals surface area contributed by atoms with Gasteiger partial charge in [0.05, 0.1) is 0 Å². The fourth-order valence-corrected chi connectivity index (χ4v) is 2.88. The van der Waals surface area contributed by atoms with Crippen molar-refractivity contribution in [3.05, 3.63) is 58.9 Å². The Morgan fingerprint density at radius 2 is 1.89 bits per heavy atom. The third kappa shape index (κ3) is 2.85. The normalized spacial score (nSPS) is 10.6. The zero-order chi connectivity index (χ0) is 13.1. The van der Waals surface area contributed by atoms with Gasteiger partial charge in [-0.15, -0.1) is 11.8 Å². The molecule has 0 aliphatic heterocycles. The molecule has 2 aromatic carbocycles. The number of hydrogen-bond donors (Lipinski definition) is 1. The van der Waals surface area contributed by atoms with Crippen LogP contribution >= 0.6 is 11.8 Å². The maximum atomic E-state index is 13.0. The molecule has 2 N–H and O–H groups in total. The summed E-state index contributed by atoms with van der Waals surface area (Å²) in [6.45, 7) is 3.93. The quantitative estimate of drug-likeness (QED) is 0.658. The lowest BCUT2D eigenvalue weighted by molar-refractivity contribution is 0.626. The van der Waals surface area contributed by atoms with Crippen LogP contribution in [0.1, 0.15) is 16.7 Å². The van der Waals surface area contributed by atoms with Crippen molar-refractivity contribution in [3.8, 4) is 0 Å². The van der Waals surface area contributed by atoms with Gasteiger partial charge < -0.3 is 5.73 Å². The van der Waals surface area contributed by atoms with Gasteiger partial charge in [0, 0.05) is 16.3 Å². The van der Waals surface area contributed by atoms with Gasteiger partial charge in [0.2, 0.25) is 0 Å². The van der Waals surface area contributed by atoms with E-state index in [0.29, 0.717) is 0 Å². The van der Waals surface area contributed by atoms with Crippen molar-refractivity contribution in [2.75, 3.05) is 5.73 Å². The Kier molecular flexibility index (Phi) is 3.92. The van der Waals surface area contributed by atoms with E-state index in [1.165, 1.54) is 6.07 Å². The lowest BCUT2D eigenvalue weighted by Crippen LogP contribution is -1.93. The van der Waals surface area contributed by atoms with Crippen LogP contribution in [0.2, 0.25) is 0 Å². The van der Waals surface area contributed by atoms with Gasteiger partial charge in [-0.3, -0.25) is 0 Å². The Balaban J connectivity index is 2.14. The first-order valence-corrected chi connectivity index (χ1v) is 6.79. The van der Waals surface area contributed by atoms with Crippen molar-refractivity contribution in [1.82, 2.24) is 0 Å². The number of thioether (sulfide) groups is 1. The van der Waals surface area contributed by atoms with E-state index < -0.39 is 0 Å². The van der Waals surface area contributed by atoms with Gasteiger partial charge in [-0.2, -0.15) is 0 Å². The first-order valence-electron chi connectivity index (χ1n) is 5.81. The summed E-state index contributed by atoms with van der Waals surface area (Å²) in [5.74, 6) is 0.621. The molecule has 94 valence electrons. The summed E-state index contributed by atoms with van der Waals surface area (Å²) >= 11 is 1.69. The molecule has 18 heavy (non-hydrogen) atoms. The van der Waals surface area contributed by atoms with Crippen LogP contribution in [-0.4, -0.2) is 0 Å². The molecule has 2 rings (SSSR count). The van der Waals surface area contributed by atoms with E-state index in [1.807, 2.05) is 38.1 Å². The molecule has 1 nitrogen and oxygen atoms in total. The third-order valence-electron chi connectivity index (χ3n) is 2.97. The van der Waals surface area contributed by atoms with E-state index in [-0.39, 0.29) is 5.82 Å². The monoisotopic (exact) mass is 261 g/mol. The minimum absolute atomic E-state index is 0.184. The summed E-state index contributed by atoms with van der Waals surface area (Å²) in [6.07, 6.45) is 0. The second kappa shape index (κ2) is 5.44. The van der Waals surface area contributed by atoms with Crippen LogP contribution in [-0.2, 0) is 5.75 Å². The minimum Gasteiger partial charge on any atom is -0.398 e. The number of nitrogen functional groups attached to an aromatic ring is 1. The van der Waals surface area contributed by atoms with Crippen molar-refractivity contribution >= 4 is 17.4 Å². The molecule has 3 heteroatoms. The van der Waals surface area contributed by atoms with Gasteiger partial charge in [0.1, 0.15) is 5.82 Å². The smallest absolute Gasteiger partial charge is 0.123 e. The molecular formula is C15H16FNS. The van der Waals surface area contributed by atoms with Crippen molar-refractivity contribution in [1.29, 1.82) is 0 Å². The fraction of sp³-hybridized carbons (Fsp3) is 0.200. The van der Waals surface area contributed by atoms with Crippen LogP contribution < -0.4 is 5.73 Å². The number of halogens is 1. The number of benzene rings is 2. The molecule has 0 bridgehead atoms. The molecule has 0 aliphatic carbocycles. The Morgan fingerprint density at radius 3 is 2.61 bits per heavy atom. The summed E-state index contributed by atoms with van der Waals surface area (Å²) in [4.78, 5) is 1.08. The zero-order valence-electron chi connectivity index (χ0n) is 10.5. The zero-order valence-corrected chi connectivity index (χ0v) is 11.4. The van der Waals surface area contributed by atoms with Crippen LogP contribution in [0.4, 0.5) is 10.1 Å². The number of para-hydroxylation sites is 1. The maximum Gasteiger partial charge on any atom is 0.123 e. The van der Waals surface area contributed by atoms with Crippen molar-refractivity contribution < 1.29 is 4.39 Å². The third-order valence-corrected chi connectivity index (χ3v) is 4.09. The van der Waals surface area contributed by atoms with Gasteiger partial charge in [-0.25, -0.2) is 4.39 Å².